The number of nitrogens with zero attached hydrogens (tertiary/aromatic N) is 3. The third-order valence-corrected chi connectivity index (χ3v) is 2.07. The molecule has 1 heterocycles. The van der Waals surface area contributed by atoms with Crippen LogP contribution >= 0.6 is 0 Å². The Balaban J connectivity index is 2.54. The van der Waals surface area contributed by atoms with Crippen LogP contribution in [-0.4, -0.2) is 25.8 Å². The van der Waals surface area contributed by atoms with Crippen molar-refractivity contribution < 1.29 is 14.3 Å². The molecule has 6 heteroatoms. The van der Waals surface area contributed by atoms with Crippen molar-refractivity contribution in [1.29, 1.82) is 0 Å². The largest absolute Gasteiger partial charge is 0.475 e. The van der Waals surface area contributed by atoms with Gasteiger partial charge in [-0.25, -0.2) is 18.9 Å². The Bertz CT molecular complexity index is 551. The van der Waals surface area contributed by atoms with Crippen LogP contribution in [0.2, 0.25) is 0 Å². The second-order valence-electron chi connectivity index (χ2n) is 3.17. The van der Waals surface area contributed by atoms with Crippen LogP contribution in [0, 0.1) is 5.82 Å². The SMILES string of the molecule is Cn1nc(-c2ccccc2F)nc1C(=O)O. The van der Waals surface area contributed by atoms with E-state index in [0.29, 0.717) is 0 Å². The normalized spacial score (nSPS) is 10.4. The Morgan fingerprint density at radius 2 is 2.12 bits per heavy atom. The fraction of sp³-hybridized carbons (Fsp3) is 0.100. The summed E-state index contributed by atoms with van der Waals surface area (Å²) in [4.78, 5) is 14.5. The summed E-state index contributed by atoms with van der Waals surface area (Å²) in [6, 6.07) is 5.94. The van der Waals surface area contributed by atoms with Gasteiger partial charge in [0.25, 0.3) is 0 Å². The van der Waals surface area contributed by atoms with Gasteiger partial charge in [-0.1, -0.05) is 12.1 Å². The van der Waals surface area contributed by atoms with Crippen molar-refractivity contribution in [3.05, 3.63) is 35.9 Å². The Morgan fingerprint density at radius 3 is 2.69 bits per heavy atom. The molecule has 1 aromatic heterocycles. The smallest absolute Gasteiger partial charge is 0.373 e. The highest BCUT2D eigenvalue weighted by molar-refractivity contribution is 5.84. The molecule has 1 N–H and O–H groups in total. The van der Waals surface area contributed by atoms with Gasteiger partial charge >= 0.3 is 5.97 Å². The van der Waals surface area contributed by atoms with Crippen LogP contribution in [0.1, 0.15) is 10.6 Å². The predicted molar refractivity (Wildman–Crippen MR) is 53.4 cm³/mol. The first kappa shape index (κ1) is 10.3. The summed E-state index contributed by atoms with van der Waals surface area (Å²) in [5, 5.41) is 12.6. The zero-order valence-electron chi connectivity index (χ0n) is 8.38. The Kier molecular flexibility index (Phi) is 2.40. The summed E-state index contributed by atoms with van der Waals surface area (Å²) in [7, 11) is 1.45. The highest BCUT2D eigenvalue weighted by Crippen LogP contribution is 2.18. The second-order valence-corrected chi connectivity index (χ2v) is 3.17. The van der Waals surface area contributed by atoms with Gasteiger partial charge < -0.3 is 5.11 Å². The Morgan fingerprint density at radius 1 is 1.44 bits per heavy atom. The molecule has 0 atom stereocenters. The number of carboxylic acids is 1. The number of hydrogen-bond donors (Lipinski definition) is 1. The molecule has 82 valence electrons. The number of halogens is 1. The monoisotopic (exact) mass is 221 g/mol. The Hall–Kier alpha value is -2.24. The first-order valence-corrected chi connectivity index (χ1v) is 4.49. The molecule has 0 amide bonds. The quantitative estimate of drug-likeness (QED) is 0.830. The molecule has 0 bridgehead atoms. The standard InChI is InChI=1S/C10H8FN3O2/c1-14-9(10(15)16)12-8(13-14)6-4-2-3-5-7(6)11/h2-5H,1H3,(H,15,16). The minimum absolute atomic E-state index is 0.0676. The lowest BCUT2D eigenvalue weighted by molar-refractivity contribution is 0.0678. The third-order valence-electron chi connectivity index (χ3n) is 2.07. The first-order chi connectivity index (χ1) is 7.59. The van der Waals surface area contributed by atoms with E-state index in [1.165, 1.54) is 19.2 Å². The van der Waals surface area contributed by atoms with Gasteiger partial charge in [0.2, 0.25) is 5.82 Å². The van der Waals surface area contributed by atoms with E-state index < -0.39 is 11.8 Å². The number of carboxylic acid groups (broad SMARTS) is 1. The van der Waals surface area contributed by atoms with E-state index in [0.717, 1.165) is 4.68 Å². The van der Waals surface area contributed by atoms with E-state index >= 15 is 0 Å². The summed E-state index contributed by atoms with van der Waals surface area (Å²) in [6.07, 6.45) is 0. The molecule has 0 fully saturated rings. The van der Waals surface area contributed by atoms with E-state index in [1.807, 2.05) is 0 Å². The van der Waals surface area contributed by atoms with E-state index in [4.69, 9.17) is 5.11 Å². The van der Waals surface area contributed by atoms with E-state index in [2.05, 4.69) is 10.1 Å². The van der Waals surface area contributed by atoms with Crippen molar-refractivity contribution in [2.75, 3.05) is 0 Å². The second kappa shape index (κ2) is 3.73. The summed E-state index contributed by atoms with van der Waals surface area (Å²) >= 11 is 0. The zero-order valence-corrected chi connectivity index (χ0v) is 8.38. The van der Waals surface area contributed by atoms with Crippen molar-refractivity contribution in [2.45, 2.75) is 0 Å². The molecule has 0 saturated heterocycles. The van der Waals surface area contributed by atoms with Crippen molar-refractivity contribution in [2.24, 2.45) is 7.05 Å². The maximum atomic E-state index is 13.4. The molecule has 0 saturated carbocycles. The highest BCUT2D eigenvalue weighted by Gasteiger charge is 2.16. The molecular weight excluding hydrogens is 213 g/mol. The van der Waals surface area contributed by atoms with Gasteiger partial charge in [0, 0.05) is 7.05 Å². The highest BCUT2D eigenvalue weighted by atomic mass is 19.1. The fourth-order valence-electron chi connectivity index (χ4n) is 1.33. The van der Waals surface area contributed by atoms with Gasteiger partial charge in [-0.2, -0.15) is 5.10 Å². The lowest BCUT2D eigenvalue weighted by Crippen LogP contribution is -2.06. The van der Waals surface area contributed by atoms with Crippen LogP contribution in [0.4, 0.5) is 4.39 Å². The van der Waals surface area contributed by atoms with E-state index in [1.54, 1.807) is 12.1 Å². The molecule has 5 nitrogen and oxygen atoms in total. The van der Waals surface area contributed by atoms with Crippen molar-refractivity contribution >= 4 is 5.97 Å². The van der Waals surface area contributed by atoms with Crippen LogP contribution in [0.5, 0.6) is 0 Å². The number of carbonyl (C=O) groups is 1. The van der Waals surface area contributed by atoms with E-state index in [9.17, 15) is 9.18 Å². The number of aromatic carboxylic acids is 1. The average Bonchev–Trinajstić information content (AvgIpc) is 2.61. The lowest BCUT2D eigenvalue weighted by atomic mass is 10.2. The number of benzene rings is 1. The molecular formula is C10H8FN3O2. The van der Waals surface area contributed by atoms with Crippen molar-refractivity contribution in [1.82, 2.24) is 14.8 Å². The van der Waals surface area contributed by atoms with Gasteiger partial charge in [0.05, 0.1) is 5.56 Å². The maximum absolute atomic E-state index is 13.4. The topological polar surface area (TPSA) is 68.0 Å². The summed E-state index contributed by atoms with van der Waals surface area (Å²) in [5.41, 5.74) is 0.186. The summed E-state index contributed by atoms with van der Waals surface area (Å²) in [6.45, 7) is 0. The lowest BCUT2D eigenvalue weighted by Gasteiger charge is -1.95. The van der Waals surface area contributed by atoms with E-state index in [-0.39, 0.29) is 17.2 Å². The molecule has 0 unspecified atom stereocenters. The van der Waals surface area contributed by atoms with Crippen LogP contribution in [-0.2, 0) is 7.05 Å². The number of aryl methyl sites for hydroxylation is 1. The number of hydrogen-bond acceptors (Lipinski definition) is 3. The summed E-state index contributed by atoms with van der Waals surface area (Å²) in [5.74, 6) is -1.83. The molecule has 0 aliphatic rings. The van der Waals surface area contributed by atoms with Crippen molar-refractivity contribution in [3.8, 4) is 11.4 Å². The number of rotatable bonds is 2. The minimum Gasteiger partial charge on any atom is -0.475 e. The van der Waals surface area contributed by atoms with Crippen LogP contribution in [0.25, 0.3) is 11.4 Å². The van der Waals surface area contributed by atoms with Gasteiger partial charge in [-0.05, 0) is 12.1 Å². The fourth-order valence-corrected chi connectivity index (χ4v) is 1.33. The van der Waals surface area contributed by atoms with Crippen LogP contribution in [0.15, 0.2) is 24.3 Å². The first-order valence-electron chi connectivity index (χ1n) is 4.49. The van der Waals surface area contributed by atoms with Gasteiger partial charge in [0.1, 0.15) is 5.82 Å². The summed E-state index contributed by atoms with van der Waals surface area (Å²) < 4.78 is 14.5. The van der Waals surface area contributed by atoms with Gasteiger partial charge in [-0.15, -0.1) is 0 Å². The van der Waals surface area contributed by atoms with Crippen molar-refractivity contribution in [3.63, 3.8) is 0 Å². The molecule has 1 aromatic carbocycles. The zero-order chi connectivity index (χ0) is 11.7. The molecule has 16 heavy (non-hydrogen) atoms. The molecule has 0 aliphatic heterocycles. The minimum atomic E-state index is -1.20. The maximum Gasteiger partial charge on any atom is 0.373 e. The molecule has 0 spiro atoms. The van der Waals surface area contributed by atoms with Gasteiger partial charge in [0.15, 0.2) is 5.82 Å². The Labute approximate surface area is 90.2 Å². The average molecular weight is 221 g/mol. The third kappa shape index (κ3) is 1.65. The van der Waals surface area contributed by atoms with Gasteiger partial charge in [-0.3, -0.25) is 0 Å². The molecule has 0 radical (unpaired) electrons. The number of aromatic nitrogens is 3. The molecule has 2 rings (SSSR count). The molecule has 2 aromatic rings. The predicted octanol–water partition coefficient (Wildman–Crippen LogP) is 1.32. The molecule has 0 aliphatic carbocycles. The van der Waals surface area contributed by atoms with Crippen LogP contribution in [0.3, 0.4) is 0 Å². The van der Waals surface area contributed by atoms with Crippen LogP contribution < -0.4 is 0 Å².